The second-order valence-corrected chi connectivity index (χ2v) is 5.24. The lowest BCUT2D eigenvalue weighted by atomic mass is 9.82. The molecule has 0 radical (unpaired) electrons. The molecule has 0 aromatic carbocycles. The topological polar surface area (TPSA) is 12.0 Å². The van der Waals surface area contributed by atoms with Crippen LogP contribution in [0.1, 0.15) is 60.8 Å². The largest absolute Gasteiger partial charge is 0.314 e. The van der Waals surface area contributed by atoms with E-state index < -0.39 is 0 Å². The van der Waals surface area contributed by atoms with E-state index in [0.717, 1.165) is 24.3 Å². The molecule has 3 unspecified atom stereocenters. The maximum Gasteiger partial charge on any atom is 0.0118 e. The van der Waals surface area contributed by atoms with Gasteiger partial charge in [0.1, 0.15) is 0 Å². The average molecular weight is 213 g/mol. The zero-order chi connectivity index (χ0) is 11.8. The van der Waals surface area contributed by atoms with Gasteiger partial charge in [-0.3, -0.25) is 0 Å². The third kappa shape index (κ3) is 5.55. The molecule has 0 rings (SSSR count). The maximum atomic E-state index is 3.66. The van der Waals surface area contributed by atoms with Crippen LogP contribution >= 0.6 is 0 Å². The molecule has 0 saturated heterocycles. The molecule has 0 aromatic heterocycles. The Morgan fingerprint density at radius 1 is 0.933 bits per heavy atom. The van der Waals surface area contributed by atoms with Gasteiger partial charge in [-0.1, -0.05) is 54.4 Å². The summed E-state index contributed by atoms with van der Waals surface area (Å²) in [6.45, 7) is 15.0. The lowest BCUT2D eigenvalue weighted by Crippen LogP contribution is -2.40. The summed E-state index contributed by atoms with van der Waals surface area (Å²) >= 11 is 0. The molecule has 1 heteroatoms. The van der Waals surface area contributed by atoms with Crippen LogP contribution in [0.25, 0.3) is 0 Å². The fraction of sp³-hybridized carbons (Fsp3) is 1.00. The predicted molar refractivity (Wildman–Crippen MR) is 70.2 cm³/mol. The molecule has 0 aliphatic rings. The molecule has 0 aromatic rings. The van der Waals surface area contributed by atoms with Crippen molar-refractivity contribution < 1.29 is 0 Å². The molecule has 0 heterocycles. The van der Waals surface area contributed by atoms with Crippen LogP contribution in [0.2, 0.25) is 0 Å². The van der Waals surface area contributed by atoms with Crippen molar-refractivity contribution in [2.75, 3.05) is 6.54 Å². The first-order valence-electron chi connectivity index (χ1n) is 6.80. The highest BCUT2D eigenvalue weighted by atomic mass is 14.9. The molecule has 1 nitrogen and oxygen atoms in total. The molecule has 0 aliphatic heterocycles. The normalized spacial score (nSPS) is 17.8. The Morgan fingerprint density at radius 2 is 1.53 bits per heavy atom. The standard InChI is InChI=1S/C14H31N/c1-7-12(6)10-13(8-2)14(11(4)5)15-9-3/h11-15H,7-10H2,1-6H3. The van der Waals surface area contributed by atoms with Gasteiger partial charge in [0.2, 0.25) is 0 Å². The van der Waals surface area contributed by atoms with Crippen molar-refractivity contribution in [1.82, 2.24) is 5.32 Å². The van der Waals surface area contributed by atoms with Crippen molar-refractivity contribution in [3.05, 3.63) is 0 Å². The number of rotatable bonds is 8. The van der Waals surface area contributed by atoms with Crippen molar-refractivity contribution in [2.24, 2.45) is 17.8 Å². The van der Waals surface area contributed by atoms with Crippen LogP contribution in [0.5, 0.6) is 0 Å². The van der Waals surface area contributed by atoms with Gasteiger partial charge in [0.15, 0.2) is 0 Å². The molecule has 0 bridgehead atoms. The molecule has 1 N–H and O–H groups in total. The summed E-state index contributed by atoms with van der Waals surface area (Å²) < 4.78 is 0. The molecule has 15 heavy (non-hydrogen) atoms. The summed E-state index contributed by atoms with van der Waals surface area (Å²) in [5.41, 5.74) is 0. The van der Waals surface area contributed by atoms with Gasteiger partial charge in [0.05, 0.1) is 0 Å². The summed E-state index contributed by atoms with van der Waals surface area (Å²) in [6.07, 6.45) is 4.00. The third-order valence-corrected chi connectivity index (χ3v) is 3.59. The van der Waals surface area contributed by atoms with Crippen molar-refractivity contribution >= 4 is 0 Å². The van der Waals surface area contributed by atoms with E-state index in [9.17, 15) is 0 Å². The summed E-state index contributed by atoms with van der Waals surface area (Å²) in [6, 6.07) is 0.703. The average Bonchev–Trinajstić information content (AvgIpc) is 2.22. The molecule has 0 aliphatic carbocycles. The Bertz CT molecular complexity index is 142. The highest BCUT2D eigenvalue weighted by Gasteiger charge is 2.23. The van der Waals surface area contributed by atoms with Gasteiger partial charge in [-0.15, -0.1) is 0 Å². The van der Waals surface area contributed by atoms with Crippen LogP contribution in [0.15, 0.2) is 0 Å². The minimum Gasteiger partial charge on any atom is -0.314 e. The first kappa shape index (κ1) is 15.0. The molecule has 0 amide bonds. The van der Waals surface area contributed by atoms with Crippen LogP contribution < -0.4 is 5.32 Å². The smallest absolute Gasteiger partial charge is 0.0118 e. The lowest BCUT2D eigenvalue weighted by molar-refractivity contribution is 0.237. The van der Waals surface area contributed by atoms with Crippen molar-refractivity contribution in [2.45, 2.75) is 66.8 Å². The highest BCUT2D eigenvalue weighted by Crippen LogP contribution is 2.25. The van der Waals surface area contributed by atoms with E-state index >= 15 is 0 Å². The lowest BCUT2D eigenvalue weighted by Gasteiger charge is -2.32. The molecular weight excluding hydrogens is 182 g/mol. The molecule has 3 atom stereocenters. The van der Waals surface area contributed by atoms with E-state index in [1.165, 1.54) is 19.3 Å². The van der Waals surface area contributed by atoms with Crippen LogP contribution in [0, 0.1) is 17.8 Å². The van der Waals surface area contributed by atoms with Crippen LogP contribution in [-0.4, -0.2) is 12.6 Å². The van der Waals surface area contributed by atoms with Crippen molar-refractivity contribution in [1.29, 1.82) is 0 Å². The van der Waals surface area contributed by atoms with Gasteiger partial charge in [0.25, 0.3) is 0 Å². The van der Waals surface area contributed by atoms with E-state index in [-0.39, 0.29) is 0 Å². The molecule has 0 fully saturated rings. The first-order chi connectivity index (χ1) is 7.06. The van der Waals surface area contributed by atoms with E-state index in [1.54, 1.807) is 0 Å². The Balaban J connectivity index is 4.30. The van der Waals surface area contributed by atoms with Crippen molar-refractivity contribution in [3.63, 3.8) is 0 Å². The van der Waals surface area contributed by atoms with E-state index in [0.29, 0.717) is 6.04 Å². The van der Waals surface area contributed by atoms with Gasteiger partial charge in [-0.05, 0) is 30.7 Å². The van der Waals surface area contributed by atoms with Gasteiger partial charge in [-0.25, -0.2) is 0 Å². The molecule has 0 saturated carbocycles. The monoisotopic (exact) mass is 213 g/mol. The Morgan fingerprint density at radius 3 is 1.87 bits per heavy atom. The van der Waals surface area contributed by atoms with Crippen LogP contribution in [0.4, 0.5) is 0 Å². The molecule has 0 spiro atoms. The zero-order valence-electron chi connectivity index (χ0n) is 11.6. The SMILES string of the molecule is CCNC(C(C)C)C(CC)CC(C)CC. The predicted octanol–water partition coefficient (Wildman–Crippen LogP) is 4.08. The fourth-order valence-corrected chi connectivity index (χ4v) is 2.43. The quantitative estimate of drug-likeness (QED) is 0.640. The van der Waals surface area contributed by atoms with E-state index in [1.807, 2.05) is 0 Å². The Hall–Kier alpha value is -0.0400. The second-order valence-electron chi connectivity index (χ2n) is 5.24. The van der Waals surface area contributed by atoms with Crippen molar-refractivity contribution in [3.8, 4) is 0 Å². The van der Waals surface area contributed by atoms with Crippen LogP contribution in [0.3, 0.4) is 0 Å². The van der Waals surface area contributed by atoms with E-state index in [4.69, 9.17) is 0 Å². The molecule has 92 valence electrons. The van der Waals surface area contributed by atoms with Gasteiger partial charge < -0.3 is 5.32 Å². The highest BCUT2D eigenvalue weighted by molar-refractivity contribution is 4.79. The van der Waals surface area contributed by atoms with Gasteiger partial charge in [-0.2, -0.15) is 0 Å². The van der Waals surface area contributed by atoms with Gasteiger partial charge >= 0.3 is 0 Å². The summed E-state index contributed by atoms with van der Waals surface area (Å²) in [4.78, 5) is 0. The van der Waals surface area contributed by atoms with Gasteiger partial charge in [0, 0.05) is 6.04 Å². The summed E-state index contributed by atoms with van der Waals surface area (Å²) in [5, 5.41) is 3.66. The fourth-order valence-electron chi connectivity index (χ4n) is 2.43. The minimum atomic E-state index is 0.703. The number of hydrogen-bond donors (Lipinski definition) is 1. The Labute approximate surface area is 97.0 Å². The number of hydrogen-bond acceptors (Lipinski definition) is 1. The maximum absolute atomic E-state index is 3.66. The second kappa shape index (κ2) is 8.15. The summed E-state index contributed by atoms with van der Waals surface area (Å²) in [7, 11) is 0. The summed E-state index contributed by atoms with van der Waals surface area (Å²) in [5.74, 6) is 2.47. The van der Waals surface area contributed by atoms with Crippen LogP contribution in [-0.2, 0) is 0 Å². The minimum absolute atomic E-state index is 0.703. The van der Waals surface area contributed by atoms with E-state index in [2.05, 4.69) is 46.9 Å². The zero-order valence-corrected chi connectivity index (χ0v) is 11.6. The third-order valence-electron chi connectivity index (χ3n) is 3.59. The first-order valence-corrected chi connectivity index (χ1v) is 6.80. The number of nitrogens with one attached hydrogen (secondary N) is 1. The molecular formula is C14H31N. The Kier molecular flexibility index (Phi) is 8.13.